The molecular formula is C11H19NO4S. The summed E-state index contributed by atoms with van der Waals surface area (Å²) in [6, 6.07) is 0.0756. The molecule has 0 bridgehead atoms. The molecule has 1 fully saturated rings. The standard InChI is InChI=1S/C11H19NO4S/c1-16-9-5-3-2-4-8(9)12-10(13)6-17-7-11(14)15/h8-9H,2-7H2,1H3,(H,12,13)(H,14,15)/t8-,9-/m0/s1. The summed E-state index contributed by atoms with van der Waals surface area (Å²) in [7, 11) is 1.66. The number of rotatable bonds is 6. The van der Waals surface area contributed by atoms with E-state index in [2.05, 4.69) is 5.32 Å². The number of hydrogen-bond donors (Lipinski definition) is 2. The second-order valence-corrected chi connectivity index (χ2v) is 5.10. The molecule has 1 rings (SSSR count). The lowest BCUT2D eigenvalue weighted by atomic mass is 9.92. The molecule has 0 aromatic carbocycles. The molecule has 0 heterocycles. The van der Waals surface area contributed by atoms with Gasteiger partial charge in [0.25, 0.3) is 0 Å². The highest BCUT2D eigenvalue weighted by atomic mass is 32.2. The van der Waals surface area contributed by atoms with Gasteiger partial charge in [0.15, 0.2) is 0 Å². The summed E-state index contributed by atoms with van der Waals surface area (Å²) in [6.45, 7) is 0. The van der Waals surface area contributed by atoms with Crippen LogP contribution in [0.25, 0.3) is 0 Å². The van der Waals surface area contributed by atoms with Crippen LogP contribution < -0.4 is 5.32 Å². The van der Waals surface area contributed by atoms with E-state index < -0.39 is 5.97 Å². The highest BCUT2D eigenvalue weighted by Crippen LogP contribution is 2.20. The zero-order valence-electron chi connectivity index (χ0n) is 9.98. The van der Waals surface area contributed by atoms with Crippen molar-refractivity contribution in [1.29, 1.82) is 0 Å². The molecule has 98 valence electrons. The van der Waals surface area contributed by atoms with E-state index in [9.17, 15) is 9.59 Å². The third kappa shape index (κ3) is 5.41. The maximum absolute atomic E-state index is 11.6. The van der Waals surface area contributed by atoms with Crippen molar-refractivity contribution in [3.63, 3.8) is 0 Å². The summed E-state index contributed by atoms with van der Waals surface area (Å²) < 4.78 is 5.33. The Kier molecular flexibility index (Phi) is 6.36. The monoisotopic (exact) mass is 261 g/mol. The average Bonchev–Trinajstić information content (AvgIpc) is 2.29. The summed E-state index contributed by atoms with van der Waals surface area (Å²) in [6.07, 6.45) is 4.25. The van der Waals surface area contributed by atoms with Crippen LogP contribution in [0, 0.1) is 0 Å². The van der Waals surface area contributed by atoms with Crippen molar-refractivity contribution in [2.45, 2.75) is 37.8 Å². The van der Waals surface area contributed by atoms with Gasteiger partial charge < -0.3 is 15.2 Å². The Labute approximate surface area is 105 Å². The Bertz CT molecular complexity index is 272. The normalized spacial score (nSPS) is 24.3. The summed E-state index contributed by atoms with van der Waals surface area (Å²) in [4.78, 5) is 21.9. The van der Waals surface area contributed by atoms with Gasteiger partial charge in [-0.25, -0.2) is 0 Å². The summed E-state index contributed by atoms with van der Waals surface area (Å²) in [5.41, 5.74) is 0. The number of nitrogens with one attached hydrogen (secondary N) is 1. The van der Waals surface area contributed by atoms with Crippen LogP contribution in [0.2, 0.25) is 0 Å². The second-order valence-electron chi connectivity index (χ2n) is 4.12. The van der Waals surface area contributed by atoms with Gasteiger partial charge in [-0.05, 0) is 12.8 Å². The Morgan fingerprint density at radius 2 is 2.06 bits per heavy atom. The topological polar surface area (TPSA) is 75.6 Å². The van der Waals surface area contributed by atoms with Gasteiger partial charge in [-0.15, -0.1) is 11.8 Å². The molecule has 0 aliphatic heterocycles. The number of carboxylic acid groups (broad SMARTS) is 1. The molecule has 6 heteroatoms. The molecule has 2 atom stereocenters. The first-order valence-corrected chi connectivity index (χ1v) is 6.90. The van der Waals surface area contributed by atoms with E-state index in [-0.39, 0.29) is 29.6 Å². The SMILES string of the molecule is CO[C@H]1CCCC[C@@H]1NC(=O)CSCC(=O)O. The lowest BCUT2D eigenvalue weighted by Gasteiger charge is -2.30. The molecule has 0 unspecified atom stereocenters. The van der Waals surface area contributed by atoms with E-state index in [1.54, 1.807) is 7.11 Å². The highest BCUT2D eigenvalue weighted by molar-refractivity contribution is 8.00. The van der Waals surface area contributed by atoms with Gasteiger partial charge in [0.1, 0.15) is 0 Å². The lowest BCUT2D eigenvalue weighted by molar-refractivity contribution is -0.133. The number of carbonyl (C=O) groups is 2. The van der Waals surface area contributed by atoms with Gasteiger partial charge in [0, 0.05) is 7.11 Å². The first kappa shape index (κ1) is 14.3. The Morgan fingerprint density at radius 1 is 1.35 bits per heavy atom. The molecule has 0 aromatic heterocycles. The van der Waals surface area contributed by atoms with E-state index in [4.69, 9.17) is 9.84 Å². The van der Waals surface area contributed by atoms with Crippen molar-refractivity contribution < 1.29 is 19.4 Å². The minimum absolute atomic E-state index is 0.0359. The second kappa shape index (κ2) is 7.55. The molecule has 0 aromatic rings. The molecule has 5 nitrogen and oxygen atoms in total. The van der Waals surface area contributed by atoms with Gasteiger partial charge in [-0.3, -0.25) is 9.59 Å². The van der Waals surface area contributed by atoms with Gasteiger partial charge >= 0.3 is 5.97 Å². The molecule has 2 N–H and O–H groups in total. The fourth-order valence-corrected chi connectivity index (χ4v) is 2.57. The smallest absolute Gasteiger partial charge is 0.313 e. The Morgan fingerprint density at radius 3 is 2.71 bits per heavy atom. The molecule has 1 aliphatic carbocycles. The molecule has 1 saturated carbocycles. The molecule has 1 aliphatic rings. The highest BCUT2D eigenvalue weighted by Gasteiger charge is 2.25. The number of methoxy groups -OCH3 is 1. The number of amides is 1. The molecule has 1 amide bonds. The molecular weight excluding hydrogens is 242 g/mol. The van der Waals surface area contributed by atoms with E-state index >= 15 is 0 Å². The van der Waals surface area contributed by atoms with Gasteiger partial charge in [-0.1, -0.05) is 12.8 Å². The molecule has 0 spiro atoms. The first-order chi connectivity index (χ1) is 8.13. The number of carboxylic acids is 1. The van der Waals surface area contributed by atoms with Gasteiger partial charge in [-0.2, -0.15) is 0 Å². The summed E-state index contributed by atoms with van der Waals surface area (Å²) in [5.74, 6) is -0.842. The third-order valence-corrected chi connectivity index (χ3v) is 3.73. The van der Waals surface area contributed by atoms with Crippen LogP contribution in [0.4, 0.5) is 0 Å². The van der Waals surface area contributed by atoms with Crippen molar-refractivity contribution in [2.75, 3.05) is 18.6 Å². The predicted octanol–water partition coefficient (Wildman–Crippen LogP) is 0.878. The average molecular weight is 261 g/mol. The summed E-state index contributed by atoms with van der Waals surface area (Å²) >= 11 is 1.11. The predicted molar refractivity (Wildman–Crippen MR) is 66.2 cm³/mol. The van der Waals surface area contributed by atoms with E-state index in [1.807, 2.05) is 0 Å². The molecule has 0 radical (unpaired) electrons. The van der Waals surface area contributed by atoms with Crippen LogP contribution in [-0.4, -0.2) is 47.7 Å². The maximum atomic E-state index is 11.6. The third-order valence-electron chi connectivity index (χ3n) is 2.81. The van der Waals surface area contributed by atoms with E-state index in [0.29, 0.717) is 0 Å². The number of carbonyl (C=O) groups excluding carboxylic acids is 1. The van der Waals surface area contributed by atoms with E-state index in [0.717, 1.165) is 37.4 Å². The quantitative estimate of drug-likeness (QED) is 0.742. The number of ether oxygens (including phenoxy) is 1. The lowest BCUT2D eigenvalue weighted by Crippen LogP contribution is -2.46. The van der Waals surface area contributed by atoms with Crippen molar-refractivity contribution in [3.05, 3.63) is 0 Å². The van der Waals surface area contributed by atoms with Crippen LogP contribution in [0.5, 0.6) is 0 Å². The maximum Gasteiger partial charge on any atom is 0.313 e. The van der Waals surface area contributed by atoms with E-state index in [1.165, 1.54) is 0 Å². The van der Waals surface area contributed by atoms with Gasteiger partial charge in [0.05, 0.1) is 23.7 Å². The zero-order valence-corrected chi connectivity index (χ0v) is 10.8. The van der Waals surface area contributed by atoms with Gasteiger partial charge in [0.2, 0.25) is 5.91 Å². The molecule has 17 heavy (non-hydrogen) atoms. The van der Waals surface area contributed by atoms with Crippen molar-refractivity contribution >= 4 is 23.6 Å². The minimum atomic E-state index is -0.893. The van der Waals surface area contributed by atoms with Crippen LogP contribution in [0.15, 0.2) is 0 Å². The van der Waals surface area contributed by atoms with Crippen LogP contribution in [-0.2, 0) is 14.3 Å². The Hall–Kier alpha value is -0.750. The molecule has 0 saturated heterocycles. The Balaban J connectivity index is 2.26. The number of thioether (sulfide) groups is 1. The minimum Gasteiger partial charge on any atom is -0.481 e. The van der Waals surface area contributed by atoms with Crippen molar-refractivity contribution in [1.82, 2.24) is 5.32 Å². The van der Waals surface area contributed by atoms with Crippen molar-refractivity contribution in [2.24, 2.45) is 0 Å². The largest absolute Gasteiger partial charge is 0.481 e. The zero-order chi connectivity index (χ0) is 12.7. The number of hydrogen-bond acceptors (Lipinski definition) is 4. The number of aliphatic carboxylic acids is 1. The van der Waals surface area contributed by atoms with Crippen LogP contribution >= 0.6 is 11.8 Å². The first-order valence-electron chi connectivity index (χ1n) is 5.75. The fraction of sp³-hybridized carbons (Fsp3) is 0.818. The van der Waals surface area contributed by atoms with Crippen molar-refractivity contribution in [3.8, 4) is 0 Å². The van der Waals surface area contributed by atoms with Crippen LogP contribution in [0.1, 0.15) is 25.7 Å². The van der Waals surface area contributed by atoms with Crippen LogP contribution in [0.3, 0.4) is 0 Å². The summed E-state index contributed by atoms with van der Waals surface area (Å²) in [5, 5.41) is 11.4. The fourth-order valence-electron chi connectivity index (χ4n) is 2.02.